The molecule has 106 valence electrons. The average Bonchev–Trinajstić information content (AvgIpc) is 2.70. The van der Waals surface area contributed by atoms with Crippen LogP contribution in [0.4, 0.5) is 0 Å². The average molecular weight is 274 g/mol. The fourth-order valence-corrected chi connectivity index (χ4v) is 3.29. The van der Waals surface area contributed by atoms with Gasteiger partial charge in [-0.25, -0.2) is 4.79 Å². The summed E-state index contributed by atoms with van der Waals surface area (Å²) >= 11 is 0. The molecule has 1 aromatic rings. The summed E-state index contributed by atoms with van der Waals surface area (Å²) in [4.78, 5) is 25.2. The van der Waals surface area contributed by atoms with E-state index >= 15 is 0 Å². The van der Waals surface area contributed by atoms with Crippen molar-refractivity contribution in [3.8, 4) is 0 Å². The SMILES string of the molecule is O=C1C[C@@H]2CC[C@H](CN1)N2Cc1ccccc1C(=O)O. The molecule has 20 heavy (non-hydrogen) atoms. The van der Waals surface area contributed by atoms with Crippen LogP contribution in [0.2, 0.25) is 0 Å². The third-order valence-electron chi connectivity index (χ3n) is 4.33. The van der Waals surface area contributed by atoms with Gasteiger partial charge >= 0.3 is 5.97 Å². The van der Waals surface area contributed by atoms with Gasteiger partial charge in [0.1, 0.15) is 0 Å². The quantitative estimate of drug-likeness (QED) is 0.870. The summed E-state index contributed by atoms with van der Waals surface area (Å²) in [7, 11) is 0. The Balaban J connectivity index is 1.84. The second-order valence-corrected chi connectivity index (χ2v) is 5.53. The number of hydrogen-bond acceptors (Lipinski definition) is 3. The maximum atomic E-state index is 11.6. The summed E-state index contributed by atoms with van der Waals surface area (Å²) in [5.41, 5.74) is 1.18. The Morgan fingerprint density at radius 2 is 2.05 bits per heavy atom. The van der Waals surface area contributed by atoms with E-state index in [1.165, 1.54) is 0 Å². The number of amides is 1. The molecule has 2 heterocycles. The van der Waals surface area contributed by atoms with Crippen LogP contribution in [-0.4, -0.2) is 40.5 Å². The molecule has 1 amide bonds. The van der Waals surface area contributed by atoms with Crippen molar-refractivity contribution < 1.29 is 14.7 Å². The van der Waals surface area contributed by atoms with Crippen molar-refractivity contribution in [2.75, 3.05) is 6.54 Å². The molecule has 5 nitrogen and oxygen atoms in total. The van der Waals surface area contributed by atoms with Gasteiger partial charge in [0, 0.05) is 31.6 Å². The minimum Gasteiger partial charge on any atom is -0.478 e. The third kappa shape index (κ3) is 2.41. The first kappa shape index (κ1) is 13.1. The van der Waals surface area contributed by atoms with Gasteiger partial charge in [0.15, 0.2) is 0 Å². The lowest BCUT2D eigenvalue weighted by atomic mass is 10.1. The number of fused-ring (bicyclic) bond motifs is 2. The van der Waals surface area contributed by atoms with Crippen LogP contribution in [0.25, 0.3) is 0 Å². The van der Waals surface area contributed by atoms with E-state index in [1.54, 1.807) is 12.1 Å². The van der Waals surface area contributed by atoms with Gasteiger partial charge in [0.05, 0.1) is 5.56 Å². The maximum Gasteiger partial charge on any atom is 0.336 e. The monoisotopic (exact) mass is 274 g/mol. The Bertz CT molecular complexity index is 544. The Labute approximate surface area is 117 Å². The van der Waals surface area contributed by atoms with Crippen molar-refractivity contribution in [2.45, 2.75) is 37.9 Å². The Morgan fingerprint density at radius 3 is 2.85 bits per heavy atom. The van der Waals surface area contributed by atoms with Crippen LogP contribution in [0.1, 0.15) is 35.2 Å². The Hall–Kier alpha value is -1.88. The van der Waals surface area contributed by atoms with E-state index in [2.05, 4.69) is 10.2 Å². The van der Waals surface area contributed by atoms with Gasteiger partial charge < -0.3 is 10.4 Å². The van der Waals surface area contributed by atoms with E-state index in [9.17, 15) is 14.7 Å². The van der Waals surface area contributed by atoms with E-state index in [0.717, 1.165) is 18.4 Å². The molecule has 1 aromatic carbocycles. The Morgan fingerprint density at radius 1 is 1.30 bits per heavy atom. The van der Waals surface area contributed by atoms with E-state index in [0.29, 0.717) is 31.1 Å². The molecular weight excluding hydrogens is 256 g/mol. The number of carbonyl (C=O) groups is 2. The first-order valence-corrected chi connectivity index (χ1v) is 6.99. The van der Waals surface area contributed by atoms with Gasteiger partial charge in [-0.1, -0.05) is 18.2 Å². The normalized spacial score (nSPS) is 26.1. The van der Waals surface area contributed by atoms with Crippen molar-refractivity contribution in [3.05, 3.63) is 35.4 Å². The van der Waals surface area contributed by atoms with Crippen LogP contribution >= 0.6 is 0 Å². The van der Waals surface area contributed by atoms with E-state index in [-0.39, 0.29) is 11.9 Å². The molecule has 0 spiro atoms. The highest BCUT2D eigenvalue weighted by atomic mass is 16.4. The summed E-state index contributed by atoms with van der Waals surface area (Å²) in [6.07, 6.45) is 2.61. The molecule has 0 radical (unpaired) electrons. The zero-order valence-electron chi connectivity index (χ0n) is 11.2. The molecular formula is C15H18N2O3. The minimum absolute atomic E-state index is 0.105. The highest BCUT2D eigenvalue weighted by Crippen LogP contribution is 2.30. The van der Waals surface area contributed by atoms with Gasteiger partial charge in [-0.3, -0.25) is 9.69 Å². The number of aromatic carboxylic acids is 1. The molecule has 0 saturated carbocycles. The lowest BCUT2D eigenvalue weighted by Gasteiger charge is -2.27. The van der Waals surface area contributed by atoms with E-state index < -0.39 is 5.97 Å². The van der Waals surface area contributed by atoms with Crippen LogP contribution < -0.4 is 5.32 Å². The fourth-order valence-electron chi connectivity index (χ4n) is 3.29. The summed E-state index contributed by atoms with van der Waals surface area (Å²) in [5.74, 6) is -0.786. The van der Waals surface area contributed by atoms with Crippen molar-refractivity contribution >= 4 is 11.9 Å². The van der Waals surface area contributed by atoms with Crippen LogP contribution in [-0.2, 0) is 11.3 Å². The fraction of sp³-hybridized carbons (Fsp3) is 0.467. The second kappa shape index (κ2) is 5.25. The Kier molecular flexibility index (Phi) is 3.44. The van der Waals surface area contributed by atoms with Crippen LogP contribution in [0, 0.1) is 0 Å². The molecule has 2 atom stereocenters. The summed E-state index contributed by atoms with van der Waals surface area (Å²) in [6.45, 7) is 1.28. The standard InChI is InChI=1S/C15H18N2O3/c18-14-7-11-5-6-12(8-16-14)17(11)9-10-3-1-2-4-13(10)15(19)20/h1-4,11-12H,5-9H2,(H,16,18)(H,19,20)/t11-,12+/m0/s1. The molecule has 2 aliphatic heterocycles. The second-order valence-electron chi connectivity index (χ2n) is 5.53. The summed E-state index contributed by atoms with van der Waals surface area (Å²) in [5, 5.41) is 12.2. The molecule has 0 aromatic heterocycles. The molecule has 3 rings (SSSR count). The topological polar surface area (TPSA) is 69.6 Å². The van der Waals surface area contributed by atoms with E-state index in [4.69, 9.17) is 0 Å². The van der Waals surface area contributed by atoms with E-state index in [1.807, 2.05) is 12.1 Å². The maximum absolute atomic E-state index is 11.6. The van der Waals surface area contributed by atoms with Crippen LogP contribution in [0.5, 0.6) is 0 Å². The largest absolute Gasteiger partial charge is 0.478 e. The highest BCUT2D eigenvalue weighted by molar-refractivity contribution is 5.89. The lowest BCUT2D eigenvalue weighted by molar-refractivity contribution is -0.121. The zero-order valence-corrected chi connectivity index (χ0v) is 11.2. The van der Waals surface area contributed by atoms with Gasteiger partial charge in [0.2, 0.25) is 5.91 Å². The zero-order chi connectivity index (χ0) is 14.1. The van der Waals surface area contributed by atoms with Crippen molar-refractivity contribution in [2.24, 2.45) is 0 Å². The number of benzene rings is 1. The minimum atomic E-state index is -0.892. The van der Waals surface area contributed by atoms with Crippen molar-refractivity contribution in [3.63, 3.8) is 0 Å². The molecule has 2 saturated heterocycles. The van der Waals surface area contributed by atoms with Crippen molar-refractivity contribution in [1.29, 1.82) is 0 Å². The summed E-state index contributed by atoms with van der Waals surface area (Å²) in [6, 6.07) is 7.68. The van der Waals surface area contributed by atoms with Gasteiger partial charge in [-0.15, -0.1) is 0 Å². The van der Waals surface area contributed by atoms with Gasteiger partial charge in [-0.2, -0.15) is 0 Å². The highest BCUT2D eigenvalue weighted by Gasteiger charge is 2.37. The first-order chi connectivity index (χ1) is 9.65. The molecule has 2 aliphatic rings. The van der Waals surface area contributed by atoms with Crippen LogP contribution in [0.15, 0.2) is 24.3 Å². The van der Waals surface area contributed by atoms with Crippen molar-refractivity contribution in [1.82, 2.24) is 10.2 Å². The molecule has 5 heteroatoms. The number of carboxylic acid groups (broad SMARTS) is 1. The number of hydrogen-bond donors (Lipinski definition) is 2. The van der Waals surface area contributed by atoms with Gasteiger partial charge in [-0.05, 0) is 24.5 Å². The number of nitrogens with one attached hydrogen (secondary N) is 1. The molecule has 0 aliphatic carbocycles. The molecule has 2 N–H and O–H groups in total. The smallest absolute Gasteiger partial charge is 0.336 e. The lowest BCUT2D eigenvalue weighted by Crippen LogP contribution is -2.37. The molecule has 0 unspecified atom stereocenters. The summed E-state index contributed by atoms with van der Waals surface area (Å²) < 4.78 is 0. The number of carbonyl (C=O) groups excluding carboxylic acids is 1. The predicted molar refractivity (Wildman–Crippen MR) is 73.4 cm³/mol. The molecule has 2 bridgehead atoms. The number of nitrogens with zero attached hydrogens (tertiary/aromatic N) is 1. The predicted octanol–water partition coefficient (Wildman–Crippen LogP) is 1.24. The third-order valence-corrected chi connectivity index (χ3v) is 4.33. The number of carboxylic acids is 1. The number of rotatable bonds is 3. The first-order valence-electron chi connectivity index (χ1n) is 6.99. The van der Waals surface area contributed by atoms with Gasteiger partial charge in [0.25, 0.3) is 0 Å². The van der Waals surface area contributed by atoms with Crippen LogP contribution in [0.3, 0.4) is 0 Å². The molecule has 2 fully saturated rings.